The monoisotopic (exact) mass is 298 g/mol. The first-order valence-electron chi connectivity index (χ1n) is 8.36. The maximum atomic E-state index is 12.7. The molecule has 0 rings (SSSR count). The summed E-state index contributed by atoms with van der Waals surface area (Å²) in [6.45, 7) is 22.2. The average molecular weight is 299 g/mol. The Kier molecular flexibility index (Phi) is 6.97. The summed E-state index contributed by atoms with van der Waals surface area (Å²) in [7, 11) is 0. The quantitative estimate of drug-likeness (QED) is 0.588. The van der Waals surface area contributed by atoms with Crippen LogP contribution in [-0.2, 0) is 9.53 Å². The van der Waals surface area contributed by atoms with Crippen LogP contribution < -0.4 is 0 Å². The van der Waals surface area contributed by atoms with Gasteiger partial charge >= 0.3 is 5.97 Å². The van der Waals surface area contributed by atoms with Gasteiger partial charge in [0.2, 0.25) is 0 Å². The third-order valence-corrected chi connectivity index (χ3v) is 4.38. The van der Waals surface area contributed by atoms with Gasteiger partial charge in [-0.2, -0.15) is 0 Å². The van der Waals surface area contributed by atoms with Crippen molar-refractivity contribution in [3.05, 3.63) is 0 Å². The highest BCUT2D eigenvalue weighted by Crippen LogP contribution is 2.44. The predicted octanol–water partition coefficient (Wildman–Crippen LogP) is 5.70. The number of hydrogen-bond donors (Lipinski definition) is 0. The lowest BCUT2D eigenvalue weighted by atomic mass is 9.64. The molecule has 2 unspecified atom stereocenters. The van der Waals surface area contributed by atoms with Gasteiger partial charge in [-0.05, 0) is 42.4 Å². The van der Waals surface area contributed by atoms with E-state index in [0.29, 0.717) is 18.4 Å². The average Bonchev–Trinajstić information content (AvgIpc) is 2.20. The third-order valence-electron chi connectivity index (χ3n) is 4.38. The van der Waals surface area contributed by atoms with Crippen LogP contribution in [0.5, 0.6) is 0 Å². The molecule has 0 aromatic carbocycles. The van der Waals surface area contributed by atoms with Crippen LogP contribution in [-0.4, -0.2) is 12.6 Å². The lowest BCUT2D eigenvalue weighted by molar-refractivity contribution is -0.165. The lowest BCUT2D eigenvalue weighted by Gasteiger charge is -2.41. The first kappa shape index (κ1) is 20.5. The zero-order valence-electron chi connectivity index (χ0n) is 16.1. The molecule has 2 atom stereocenters. The molecule has 126 valence electrons. The summed E-state index contributed by atoms with van der Waals surface area (Å²) in [4.78, 5) is 12.7. The summed E-state index contributed by atoms with van der Waals surface area (Å²) >= 11 is 0. The predicted molar refractivity (Wildman–Crippen MR) is 91.2 cm³/mol. The molecule has 0 heterocycles. The van der Waals surface area contributed by atoms with Crippen LogP contribution in [0.1, 0.15) is 82.1 Å². The molecule has 0 fully saturated rings. The molecule has 0 N–H and O–H groups in total. The number of esters is 1. The van der Waals surface area contributed by atoms with E-state index < -0.39 is 5.41 Å². The minimum atomic E-state index is -0.428. The van der Waals surface area contributed by atoms with Crippen LogP contribution in [0.2, 0.25) is 0 Å². The highest BCUT2D eigenvalue weighted by Gasteiger charge is 2.45. The molecule has 0 aliphatic rings. The van der Waals surface area contributed by atoms with E-state index in [4.69, 9.17) is 4.74 Å². The second-order valence-corrected chi connectivity index (χ2v) is 9.65. The summed E-state index contributed by atoms with van der Waals surface area (Å²) in [6.07, 6.45) is 1.93. The molecule has 0 aromatic heterocycles. The summed E-state index contributed by atoms with van der Waals surface area (Å²) in [5.41, 5.74) is -0.249. The molecular weight excluding hydrogens is 260 g/mol. The minimum absolute atomic E-state index is 0.0375. The van der Waals surface area contributed by atoms with Crippen molar-refractivity contribution in [2.45, 2.75) is 82.1 Å². The topological polar surface area (TPSA) is 26.3 Å². The van der Waals surface area contributed by atoms with E-state index in [1.165, 1.54) is 0 Å². The molecule has 21 heavy (non-hydrogen) atoms. The SMILES string of the molecule is CC(C)CC(C)(C(=O)OCC(C)CC(C)(C)C)C(C)(C)C. The van der Waals surface area contributed by atoms with Crippen molar-refractivity contribution in [3.63, 3.8) is 0 Å². The summed E-state index contributed by atoms with van der Waals surface area (Å²) in [6, 6.07) is 0. The molecule has 0 aliphatic carbocycles. The highest BCUT2D eigenvalue weighted by molar-refractivity contribution is 5.77. The third kappa shape index (κ3) is 6.84. The first-order valence-corrected chi connectivity index (χ1v) is 8.36. The van der Waals surface area contributed by atoms with Crippen molar-refractivity contribution in [1.29, 1.82) is 0 Å². The van der Waals surface area contributed by atoms with E-state index in [1.54, 1.807) is 0 Å². The second kappa shape index (κ2) is 7.15. The van der Waals surface area contributed by atoms with Gasteiger partial charge in [-0.3, -0.25) is 4.79 Å². The fraction of sp³-hybridized carbons (Fsp3) is 0.947. The maximum absolute atomic E-state index is 12.7. The molecule has 0 aliphatic heterocycles. The Hall–Kier alpha value is -0.530. The van der Waals surface area contributed by atoms with Crippen molar-refractivity contribution >= 4 is 5.97 Å². The van der Waals surface area contributed by atoms with Crippen molar-refractivity contribution in [2.75, 3.05) is 6.61 Å². The van der Waals surface area contributed by atoms with Crippen LogP contribution in [0.15, 0.2) is 0 Å². The Bertz CT molecular complexity index is 330. The van der Waals surface area contributed by atoms with E-state index in [1.807, 2.05) is 0 Å². The Morgan fingerprint density at radius 3 is 1.71 bits per heavy atom. The van der Waals surface area contributed by atoms with Crippen LogP contribution in [0.3, 0.4) is 0 Å². The standard InChI is InChI=1S/C19H38O2/c1-14(2)11-19(10,18(7,8)9)16(20)21-13-15(3)12-17(4,5)6/h14-15H,11-13H2,1-10H3. The summed E-state index contributed by atoms with van der Waals surface area (Å²) < 4.78 is 5.70. The van der Waals surface area contributed by atoms with Crippen LogP contribution in [0.25, 0.3) is 0 Å². The van der Waals surface area contributed by atoms with Gasteiger partial charge in [0.25, 0.3) is 0 Å². The van der Waals surface area contributed by atoms with Gasteiger partial charge in [0.15, 0.2) is 0 Å². The molecule has 0 bridgehead atoms. The fourth-order valence-electron chi connectivity index (χ4n) is 2.99. The van der Waals surface area contributed by atoms with Gasteiger partial charge in [-0.15, -0.1) is 0 Å². The molecule has 0 amide bonds. The van der Waals surface area contributed by atoms with Crippen molar-refractivity contribution in [1.82, 2.24) is 0 Å². The summed E-state index contributed by atoms with van der Waals surface area (Å²) in [5, 5.41) is 0. The van der Waals surface area contributed by atoms with Gasteiger partial charge in [0, 0.05) is 0 Å². The Balaban J connectivity index is 4.79. The normalized spacial score (nSPS) is 17.5. The number of hydrogen-bond acceptors (Lipinski definition) is 2. The summed E-state index contributed by atoms with van der Waals surface area (Å²) in [5.74, 6) is 0.843. The number of carbonyl (C=O) groups excluding carboxylic acids is 1. The minimum Gasteiger partial charge on any atom is -0.465 e. The van der Waals surface area contributed by atoms with Gasteiger partial charge < -0.3 is 4.74 Å². The van der Waals surface area contributed by atoms with Gasteiger partial charge in [0.05, 0.1) is 12.0 Å². The maximum Gasteiger partial charge on any atom is 0.312 e. The van der Waals surface area contributed by atoms with E-state index in [-0.39, 0.29) is 16.8 Å². The zero-order valence-corrected chi connectivity index (χ0v) is 16.1. The van der Waals surface area contributed by atoms with Crippen molar-refractivity contribution in [3.8, 4) is 0 Å². The molecule has 2 nitrogen and oxygen atoms in total. The van der Waals surface area contributed by atoms with Crippen molar-refractivity contribution in [2.24, 2.45) is 28.1 Å². The van der Waals surface area contributed by atoms with Crippen LogP contribution in [0, 0.1) is 28.1 Å². The smallest absolute Gasteiger partial charge is 0.312 e. The Labute approximate surface area is 133 Å². The Morgan fingerprint density at radius 2 is 1.38 bits per heavy atom. The van der Waals surface area contributed by atoms with E-state index in [2.05, 4.69) is 69.2 Å². The fourth-order valence-corrected chi connectivity index (χ4v) is 2.99. The first-order chi connectivity index (χ1) is 9.19. The number of ether oxygens (including phenoxy) is 1. The lowest BCUT2D eigenvalue weighted by Crippen LogP contribution is -2.43. The molecule has 0 saturated carbocycles. The van der Waals surface area contributed by atoms with Gasteiger partial charge in [-0.25, -0.2) is 0 Å². The van der Waals surface area contributed by atoms with E-state index in [9.17, 15) is 4.79 Å². The Morgan fingerprint density at radius 1 is 0.905 bits per heavy atom. The number of rotatable bonds is 6. The van der Waals surface area contributed by atoms with Gasteiger partial charge in [-0.1, -0.05) is 62.3 Å². The van der Waals surface area contributed by atoms with Gasteiger partial charge in [0.1, 0.15) is 0 Å². The van der Waals surface area contributed by atoms with Crippen molar-refractivity contribution < 1.29 is 9.53 Å². The van der Waals surface area contributed by atoms with E-state index >= 15 is 0 Å². The van der Waals surface area contributed by atoms with Crippen LogP contribution in [0.4, 0.5) is 0 Å². The largest absolute Gasteiger partial charge is 0.465 e. The molecule has 2 heteroatoms. The molecule has 0 spiro atoms. The molecule has 0 radical (unpaired) electrons. The highest BCUT2D eigenvalue weighted by atomic mass is 16.5. The zero-order chi connectivity index (χ0) is 17.1. The molecule has 0 aromatic rings. The van der Waals surface area contributed by atoms with E-state index in [0.717, 1.165) is 12.8 Å². The second-order valence-electron chi connectivity index (χ2n) is 9.65. The van der Waals surface area contributed by atoms with Crippen LogP contribution >= 0.6 is 0 Å². The molecular formula is C19H38O2. The molecule has 0 saturated heterocycles. The number of carbonyl (C=O) groups is 1.